The van der Waals surface area contributed by atoms with Crippen LogP contribution in [0.2, 0.25) is 0 Å². The topological polar surface area (TPSA) is 124 Å². The van der Waals surface area contributed by atoms with Crippen molar-refractivity contribution in [3.63, 3.8) is 0 Å². The first-order valence-electron chi connectivity index (χ1n) is 26.3. The van der Waals surface area contributed by atoms with Crippen LogP contribution in [-0.4, -0.2) is 59.3 Å². The van der Waals surface area contributed by atoms with E-state index in [0.29, 0.717) is 12.4 Å². The molecule has 73 heavy (non-hydrogen) atoms. The van der Waals surface area contributed by atoms with E-state index >= 15 is 0 Å². The summed E-state index contributed by atoms with van der Waals surface area (Å²) in [5.74, 6) is 1.54. The molecule has 8 N–H and O–H groups in total. The highest BCUT2D eigenvalue weighted by Crippen LogP contribution is 2.27. The molecule has 1 fully saturated rings. The number of fused-ring (bicyclic) bond motifs is 1. The number of H-pyrrole nitrogens is 1. The van der Waals surface area contributed by atoms with Crippen LogP contribution in [0.1, 0.15) is 115 Å². The molecule has 0 aliphatic carbocycles. The number of terminal acetylenes is 1. The average molecular weight is 1010 g/mol. The van der Waals surface area contributed by atoms with Gasteiger partial charge in [-0.05, 0) is 117 Å². The number of hydrogen-bond acceptors (Lipinski definition) is 10. The lowest BCUT2D eigenvalue weighted by molar-refractivity contribution is 0.183. The Morgan fingerprint density at radius 3 is 1.93 bits per heavy atom. The van der Waals surface area contributed by atoms with Crippen molar-refractivity contribution in [3.8, 4) is 23.3 Å². The number of unbranched alkanes of at least 4 members (excludes halogenated alkanes) is 10. The molecule has 6 rings (SSSR count). The third kappa shape index (κ3) is 25.7. The zero-order valence-corrected chi connectivity index (χ0v) is 45.9. The largest absolute Gasteiger partial charge is 0.391 e. The lowest BCUT2D eigenvalue weighted by Gasteiger charge is -2.21. The number of thiazole rings is 1. The molecule has 5 aromatic rings. The second-order valence-electron chi connectivity index (χ2n) is 19.3. The molecule has 394 valence electrons. The first-order valence-corrected chi connectivity index (χ1v) is 27.1. The van der Waals surface area contributed by atoms with Gasteiger partial charge in [-0.25, -0.2) is 4.98 Å². The van der Waals surface area contributed by atoms with Gasteiger partial charge in [0.1, 0.15) is 5.82 Å². The van der Waals surface area contributed by atoms with Crippen molar-refractivity contribution in [1.29, 1.82) is 0 Å². The van der Waals surface area contributed by atoms with Gasteiger partial charge in [0, 0.05) is 83.1 Å². The predicted molar refractivity (Wildman–Crippen MR) is 320 cm³/mol. The zero-order chi connectivity index (χ0) is 53.2. The molecule has 0 spiro atoms. The minimum Gasteiger partial charge on any atom is -0.391 e. The summed E-state index contributed by atoms with van der Waals surface area (Å²) in [6.07, 6.45) is 29.7. The molecule has 3 aromatic carbocycles. The maximum absolute atomic E-state index is 9.69. The standard InChI is InChI=1S/C44H63N7O.C12H14N2S.C4H10.C2H2/c1-34(47-32-37(4)51-30-27-43(52)33-51)17-15-13-11-9-7-6-8-10-12-14-16-28-45-35(2)18-19-36(3)48-40-20-22-41(23-21-40)49-38(5)50-42-24-25-44-39(31-42)26-29-46-44;1-9-12(15-8-14-9)11-5-3-10(4-6-11)7-13-2;1-4(2)3;1-2/h18-26,29,31,43,45-50,52H,1-17,27-28,30,32-33H2;3-6,8,13H,7H2,1-2H3;4H,1-3H3;1-2H/b19-18+;;;. The van der Waals surface area contributed by atoms with E-state index in [1.807, 2.05) is 68.2 Å². The fourth-order valence-electron chi connectivity index (χ4n) is 7.95. The third-order valence-electron chi connectivity index (χ3n) is 11.8. The summed E-state index contributed by atoms with van der Waals surface area (Å²) in [7, 11) is 1.96. The van der Waals surface area contributed by atoms with Crippen LogP contribution in [0.15, 0.2) is 158 Å². The lowest BCUT2D eigenvalue weighted by Crippen LogP contribution is -2.28. The van der Waals surface area contributed by atoms with Crippen LogP contribution in [0.4, 0.5) is 17.1 Å². The van der Waals surface area contributed by atoms with Gasteiger partial charge >= 0.3 is 0 Å². The van der Waals surface area contributed by atoms with Crippen molar-refractivity contribution < 1.29 is 5.11 Å². The molecular weight excluding hydrogens is 919 g/mol. The van der Waals surface area contributed by atoms with Gasteiger partial charge in [-0.1, -0.05) is 136 Å². The van der Waals surface area contributed by atoms with Crippen LogP contribution < -0.4 is 31.9 Å². The minimum absolute atomic E-state index is 0.209. The molecule has 10 nitrogen and oxygen atoms in total. The summed E-state index contributed by atoms with van der Waals surface area (Å²) in [6, 6.07) is 24.9. The molecule has 0 radical (unpaired) electrons. The number of nitrogens with zero attached hydrogens (tertiary/aromatic N) is 2. The fourth-order valence-corrected chi connectivity index (χ4v) is 8.76. The Hall–Kier alpha value is -6.45. The molecule has 2 aromatic heterocycles. The Balaban J connectivity index is 0.000000554. The summed E-state index contributed by atoms with van der Waals surface area (Å²) in [4.78, 5) is 10.9. The lowest BCUT2D eigenvalue weighted by atomic mass is 10.0. The van der Waals surface area contributed by atoms with E-state index in [0.717, 1.165) is 108 Å². The number of aliphatic hydroxyl groups is 1. The summed E-state index contributed by atoms with van der Waals surface area (Å²) >= 11 is 1.70. The summed E-state index contributed by atoms with van der Waals surface area (Å²) in [5.41, 5.74) is 13.4. The average Bonchev–Trinajstić information content (AvgIpc) is 4.15. The van der Waals surface area contributed by atoms with Crippen LogP contribution >= 0.6 is 11.3 Å². The van der Waals surface area contributed by atoms with Gasteiger partial charge in [0.2, 0.25) is 0 Å². The number of aliphatic hydroxyl groups excluding tert-OH is 1. The molecule has 1 saturated heterocycles. The van der Waals surface area contributed by atoms with Crippen molar-refractivity contribution in [3.05, 3.63) is 169 Å². The van der Waals surface area contributed by atoms with Crippen LogP contribution in [0, 0.1) is 25.7 Å². The Labute approximate surface area is 444 Å². The van der Waals surface area contributed by atoms with E-state index in [-0.39, 0.29) is 6.10 Å². The van der Waals surface area contributed by atoms with Gasteiger partial charge < -0.3 is 46.9 Å². The summed E-state index contributed by atoms with van der Waals surface area (Å²) < 4.78 is 0. The Bertz CT molecular complexity index is 2420. The van der Waals surface area contributed by atoms with E-state index < -0.39 is 0 Å². The smallest absolute Gasteiger partial charge is 0.100 e. The molecule has 11 heteroatoms. The highest BCUT2D eigenvalue weighted by atomic mass is 32.1. The number of β-amino-alcohol motifs (C(OH)–C–C–N with tert-alkyl or cyclic N) is 1. The third-order valence-corrected chi connectivity index (χ3v) is 12.8. The molecule has 1 aliphatic rings. The quantitative estimate of drug-likeness (QED) is 0.0129. The Morgan fingerprint density at radius 2 is 1.34 bits per heavy atom. The van der Waals surface area contributed by atoms with E-state index in [1.54, 1.807) is 11.3 Å². The van der Waals surface area contributed by atoms with E-state index in [1.165, 1.54) is 80.2 Å². The molecule has 0 amide bonds. The van der Waals surface area contributed by atoms with Gasteiger partial charge in [-0.3, -0.25) is 0 Å². The second-order valence-corrected chi connectivity index (χ2v) is 20.2. The number of rotatable bonds is 30. The van der Waals surface area contributed by atoms with Gasteiger partial charge in [0.15, 0.2) is 0 Å². The minimum atomic E-state index is -0.209. The van der Waals surface area contributed by atoms with Crippen molar-refractivity contribution in [1.82, 2.24) is 30.8 Å². The number of aromatic amines is 1. The highest BCUT2D eigenvalue weighted by Gasteiger charge is 2.20. The summed E-state index contributed by atoms with van der Waals surface area (Å²) in [6.45, 7) is 33.5. The Morgan fingerprint density at radius 1 is 0.767 bits per heavy atom. The van der Waals surface area contributed by atoms with Crippen LogP contribution in [-0.2, 0) is 6.54 Å². The second kappa shape index (κ2) is 35.6. The first kappa shape index (κ1) is 60.9. The first-order chi connectivity index (χ1) is 35.3. The molecule has 1 unspecified atom stereocenters. The van der Waals surface area contributed by atoms with E-state index in [4.69, 9.17) is 0 Å². The number of aryl methyl sites for hydroxylation is 1. The molecule has 1 aliphatic heterocycles. The van der Waals surface area contributed by atoms with Crippen molar-refractivity contribution in [2.24, 2.45) is 5.92 Å². The molecule has 0 saturated carbocycles. The van der Waals surface area contributed by atoms with E-state index in [9.17, 15) is 5.11 Å². The van der Waals surface area contributed by atoms with Crippen molar-refractivity contribution in [2.75, 3.05) is 49.2 Å². The van der Waals surface area contributed by atoms with Gasteiger partial charge in [-0.15, -0.1) is 24.2 Å². The molecular formula is C62H89N9OS. The monoisotopic (exact) mass is 1010 g/mol. The normalized spacial score (nSPS) is 12.7. The molecule has 1 atom stereocenters. The zero-order valence-electron chi connectivity index (χ0n) is 45.1. The predicted octanol–water partition coefficient (Wildman–Crippen LogP) is 14.9. The maximum atomic E-state index is 9.69. The van der Waals surface area contributed by atoms with Crippen molar-refractivity contribution in [2.45, 2.75) is 124 Å². The molecule has 3 heterocycles. The van der Waals surface area contributed by atoms with Crippen LogP contribution in [0.5, 0.6) is 0 Å². The number of allylic oxidation sites excluding steroid dienone is 3. The van der Waals surface area contributed by atoms with E-state index in [2.05, 4.69) is 156 Å². The number of benzene rings is 3. The maximum Gasteiger partial charge on any atom is 0.100 e. The fraction of sp³-hybridized carbons (Fsp3) is 0.403. The van der Waals surface area contributed by atoms with Crippen molar-refractivity contribution >= 4 is 39.3 Å². The van der Waals surface area contributed by atoms with Crippen LogP contribution in [0.25, 0.3) is 21.3 Å². The number of nitrogens with one attached hydrogen (secondary N) is 7. The number of anilines is 3. The number of likely N-dealkylation sites (tertiary alicyclic amines) is 1. The number of aromatic nitrogens is 2. The summed E-state index contributed by atoms with van der Waals surface area (Å²) in [5, 5.41) is 30.8. The SMILES string of the molecule is C#C.C=C(/C=C/C(=C)Nc1ccc(NC(=C)Nc2ccc3[nH]ccc3c2)cc1)NCCCCCCCCCCCCCC(=C)NCC(=C)N1CCC(O)C1.CC(C)C.CNCc1ccc(-c2scnc2C)cc1. The van der Waals surface area contributed by atoms with Gasteiger partial charge in [0.05, 0.1) is 28.7 Å². The molecule has 0 bridgehead atoms. The Kier molecular flexibility index (Phi) is 29.7. The van der Waals surface area contributed by atoms with Crippen LogP contribution in [0.3, 0.4) is 0 Å². The highest BCUT2D eigenvalue weighted by molar-refractivity contribution is 7.13. The van der Waals surface area contributed by atoms with Gasteiger partial charge in [0.25, 0.3) is 0 Å². The van der Waals surface area contributed by atoms with Gasteiger partial charge in [-0.2, -0.15) is 0 Å². The number of hydrogen-bond donors (Lipinski definition) is 8.